The molecule has 132 valence electrons. The molecule has 0 aromatic heterocycles. The van der Waals surface area contributed by atoms with Gasteiger partial charge in [0.25, 0.3) is 0 Å². The molecule has 0 heterocycles. The quantitative estimate of drug-likeness (QED) is 0.550. The molecule has 0 aliphatic rings. The normalized spacial score (nSPS) is 10.3. The lowest BCUT2D eigenvalue weighted by molar-refractivity contribution is -0.130. The Hall–Kier alpha value is -2.35. The van der Waals surface area contributed by atoms with E-state index in [2.05, 4.69) is 54.6 Å². The molecule has 0 fully saturated rings. The number of rotatable bonds is 9. The van der Waals surface area contributed by atoms with E-state index in [1.165, 1.54) is 16.7 Å². The fraction of sp³-hybridized carbons (Fsp3) is 0.348. The summed E-state index contributed by atoms with van der Waals surface area (Å²) in [6.45, 7) is 5.69. The smallest absolute Gasteiger partial charge is 0.222 e. The first-order valence-corrected chi connectivity index (χ1v) is 9.35. The minimum absolute atomic E-state index is 0.278. The van der Waals surface area contributed by atoms with Crippen LogP contribution in [0.2, 0.25) is 0 Å². The zero-order valence-corrected chi connectivity index (χ0v) is 15.4. The largest absolute Gasteiger partial charge is 0.343 e. The maximum absolute atomic E-state index is 12.1. The molecule has 2 heteroatoms. The number of hydrogen-bond donors (Lipinski definition) is 0. The van der Waals surface area contributed by atoms with Crippen molar-refractivity contribution < 1.29 is 4.79 Å². The fourth-order valence-corrected chi connectivity index (χ4v) is 3.04. The molecule has 0 aliphatic heterocycles. The van der Waals surface area contributed by atoms with Gasteiger partial charge in [0.1, 0.15) is 0 Å². The topological polar surface area (TPSA) is 20.3 Å². The van der Waals surface area contributed by atoms with Gasteiger partial charge in [-0.05, 0) is 49.8 Å². The van der Waals surface area contributed by atoms with Gasteiger partial charge in [0.05, 0.1) is 0 Å². The van der Waals surface area contributed by atoms with Gasteiger partial charge in [-0.1, -0.05) is 66.7 Å². The van der Waals surface area contributed by atoms with Crippen molar-refractivity contribution in [3.63, 3.8) is 0 Å². The summed E-state index contributed by atoms with van der Waals surface area (Å²) in [4.78, 5) is 14.0. The minimum Gasteiger partial charge on any atom is -0.343 e. The first-order valence-electron chi connectivity index (χ1n) is 9.35. The molecule has 0 atom stereocenters. The van der Waals surface area contributed by atoms with Crippen LogP contribution in [-0.2, 0) is 4.79 Å². The van der Waals surface area contributed by atoms with Gasteiger partial charge in [-0.15, -0.1) is 0 Å². The first-order chi connectivity index (χ1) is 12.3. The van der Waals surface area contributed by atoms with Crippen LogP contribution in [-0.4, -0.2) is 23.9 Å². The van der Waals surface area contributed by atoms with Crippen molar-refractivity contribution in [1.29, 1.82) is 0 Å². The summed E-state index contributed by atoms with van der Waals surface area (Å²) in [5.74, 6) is 0.278. The molecule has 0 saturated heterocycles. The van der Waals surface area contributed by atoms with Crippen molar-refractivity contribution in [1.82, 2.24) is 4.90 Å². The highest BCUT2D eigenvalue weighted by atomic mass is 16.2. The molecule has 0 unspecified atom stereocenters. The van der Waals surface area contributed by atoms with Crippen LogP contribution >= 0.6 is 0 Å². The fourth-order valence-electron chi connectivity index (χ4n) is 3.04. The SMILES string of the molecule is CCN(CC)C(=O)CCCCC=C(c1ccccc1)c1ccccc1. The van der Waals surface area contributed by atoms with Crippen LogP contribution in [0.1, 0.15) is 50.7 Å². The van der Waals surface area contributed by atoms with Crippen LogP contribution in [0.25, 0.3) is 5.57 Å². The van der Waals surface area contributed by atoms with Gasteiger partial charge in [-0.2, -0.15) is 0 Å². The van der Waals surface area contributed by atoms with E-state index in [1.54, 1.807) is 0 Å². The van der Waals surface area contributed by atoms with E-state index in [1.807, 2.05) is 30.9 Å². The third-order valence-electron chi connectivity index (χ3n) is 4.48. The number of hydrogen-bond acceptors (Lipinski definition) is 1. The Balaban J connectivity index is 1.96. The molecule has 2 aromatic carbocycles. The van der Waals surface area contributed by atoms with Crippen LogP contribution in [0.5, 0.6) is 0 Å². The summed E-state index contributed by atoms with van der Waals surface area (Å²) in [5, 5.41) is 0. The highest BCUT2D eigenvalue weighted by Crippen LogP contribution is 2.24. The Kier molecular flexibility index (Phi) is 7.97. The standard InChI is InChI=1S/C23H29NO/c1-3-24(4-2)23(25)19-13-7-12-18-22(20-14-8-5-9-15-20)21-16-10-6-11-17-21/h5-6,8-11,14-18H,3-4,7,12-13,19H2,1-2H3. The summed E-state index contributed by atoms with van der Waals surface area (Å²) in [6.07, 6.45) is 5.94. The maximum Gasteiger partial charge on any atom is 0.222 e. The van der Waals surface area contributed by atoms with Crippen LogP contribution in [0.4, 0.5) is 0 Å². The van der Waals surface area contributed by atoms with E-state index in [9.17, 15) is 4.79 Å². The molecule has 0 spiro atoms. The Morgan fingerprint density at radius 1 is 0.840 bits per heavy atom. The third-order valence-corrected chi connectivity index (χ3v) is 4.48. The molecule has 0 saturated carbocycles. The highest BCUT2D eigenvalue weighted by molar-refractivity contribution is 5.79. The van der Waals surface area contributed by atoms with Crippen molar-refractivity contribution in [3.8, 4) is 0 Å². The molecular weight excluding hydrogens is 306 g/mol. The number of carbonyl (C=O) groups is 1. The van der Waals surface area contributed by atoms with Gasteiger partial charge in [0, 0.05) is 19.5 Å². The number of unbranched alkanes of at least 4 members (excludes halogenated alkanes) is 2. The first kappa shape index (κ1) is 19.0. The molecule has 2 nitrogen and oxygen atoms in total. The van der Waals surface area contributed by atoms with E-state index in [4.69, 9.17) is 0 Å². The van der Waals surface area contributed by atoms with Crippen LogP contribution in [0.3, 0.4) is 0 Å². The summed E-state index contributed by atoms with van der Waals surface area (Å²) in [6, 6.07) is 21.0. The molecule has 25 heavy (non-hydrogen) atoms. The second kappa shape index (κ2) is 10.5. The van der Waals surface area contributed by atoms with Crippen molar-refractivity contribution in [2.75, 3.05) is 13.1 Å². The second-order valence-corrected chi connectivity index (χ2v) is 6.16. The molecule has 2 rings (SSSR count). The van der Waals surface area contributed by atoms with Crippen molar-refractivity contribution in [2.45, 2.75) is 39.5 Å². The van der Waals surface area contributed by atoms with E-state index in [0.29, 0.717) is 6.42 Å². The van der Waals surface area contributed by atoms with Gasteiger partial charge < -0.3 is 4.90 Å². The number of allylic oxidation sites excluding steroid dienone is 1. The minimum atomic E-state index is 0.278. The summed E-state index contributed by atoms with van der Waals surface area (Å²) >= 11 is 0. The van der Waals surface area contributed by atoms with Crippen LogP contribution in [0, 0.1) is 0 Å². The molecule has 2 aromatic rings. The van der Waals surface area contributed by atoms with Gasteiger partial charge in [-0.3, -0.25) is 4.79 Å². The summed E-state index contributed by atoms with van der Waals surface area (Å²) in [7, 11) is 0. The average molecular weight is 335 g/mol. The Labute approximate surface area is 152 Å². The van der Waals surface area contributed by atoms with Gasteiger partial charge >= 0.3 is 0 Å². The average Bonchev–Trinajstić information content (AvgIpc) is 2.67. The third kappa shape index (κ3) is 5.90. The maximum atomic E-state index is 12.1. The zero-order valence-electron chi connectivity index (χ0n) is 15.4. The Bertz CT molecular complexity index is 616. The molecule has 0 radical (unpaired) electrons. The van der Waals surface area contributed by atoms with E-state index >= 15 is 0 Å². The molecule has 0 N–H and O–H groups in total. The van der Waals surface area contributed by atoms with Crippen molar-refractivity contribution >= 4 is 11.5 Å². The highest BCUT2D eigenvalue weighted by Gasteiger charge is 2.08. The molecule has 0 bridgehead atoms. The lowest BCUT2D eigenvalue weighted by atomic mass is 9.96. The van der Waals surface area contributed by atoms with Gasteiger partial charge in [-0.25, -0.2) is 0 Å². The Morgan fingerprint density at radius 3 is 1.84 bits per heavy atom. The van der Waals surface area contributed by atoms with Gasteiger partial charge in [0.2, 0.25) is 5.91 Å². The van der Waals surface area contributed by atoms with Crippen molar-refractivity contribution in [2.24, 2.45) is 0 Å². The van der Waals surface area contributed by atoms with E-state index in [-0.39, 0.29) is 5.91 Å². The second-order valence-electron chi connectivity index (χ2n) is 6.16. The number of benzene rings is 2. The number of carbonyl (C=O) groups excluding carboxylic acids is 1. The lowest BCUT2D eigenvalue weighted by Gasteiger charge is -2.18. The number of amides is 1. The molecule has 0 aliphatic carbocycles. The van der Waals surface area contributed by atoms with Crippen LogP contribution in [0.15, 0.2) is 66.7 Å². The lowest BCUT2D eigenvalue weighted by Crippen LogP contribution is -2.30. The Morgan fingerprint density at radius 2 is 1.36 bits per heavy atom. The zero-order chi connectivity index (χ0) is 17.9. The van der Waals surface area contributed by atoms with Crippen LogP contribution < -0.4 is 0 Å². The number of nitrogens with zero attached hydrogens (tertiary/aromatic N) is 1. The monoisotopic (exact) mass is 335 g/mol. The summed E-state index contributed by atoms with van der Waals surface area (Å²) < 4.78 is 0. The predicted molar refractivity (Wildman–Crippen MR) is 106 cm³/mol. The predicted octanol–water partition coefficient (Wildman–Crippen LogP) is 5.55. The van der Waals surface area contributed by atoms with Gasteiger partial charge in [0.15, 0.2) is 0 Å². The van der Waals surface area contributed by atoms with Crippen molar-refractivity contribution in [3.05, 3.63) is 77.9 Å². The molecular formula is C23H29NO. The van der Waals surface area contributed by atoms with E-state index < -0.39 is 0 Å². The summed E-state index contributed by atoms with van der Waals surface area (Å²) in [5.41, 5.74) is 3.76. The molecule has 1 amide bonds. The van der Waals surface area contributed by atoms with E-state index in [0.717, 1.165) is 32.4 Å².